The van der Waals surface area contributed by atoms with E-state index in [-0.39, 0.29) is 11.9 Å². The van der Waals surface area contributed by atoms with Crippen LogP contribution in [0.4, 0.5) is 0 Å². The summed E-state index contributed by atoms with van der Waals surface area (Å²) in [6.07, 6.45) is 2.86. The zero-order chi connectivity index (χ0) is 12.3. The lowest BCUT2D eigenvalue weighted by Crippen LogP contribution is -2.29. The third kappa shape index (κ3) is 4.08. The molecular formula is C12H17BrN2OS. The fourth-order valence-corrected chi connectivity index (χ4v) is 3.39. The molecule has 0 saturated heterocycles. The van der Waals surface area contributed by atoms with Gasteiger partial charge in [-0.25, -0.2) is 0 Å². The molecule has 0 aromatic carbocycles. The van der Waals surface area contributed by atoms with Crippen molar-refractivity contribution in [1.29, 1.82) is 0 Å². The Morgan fingerprint density at radius 3 is 3.00 bits per heavy atom. The van der Waals surface area contributed by atoms with Gasteiger partial charge in [-0.15, -0.1) is 11.3 Å². The van der Waals surface area contributed by atoms with E-state index in [1.54, 1.807) is 11.3 Å². The topological polar surface area (TPSA) is 41.1 Å². The normalized spacial score (nSPS) is 16.8. The van der Waals surface area contributed by atoms with E-state index >= 15 is 0 Å². The van der Waals surface area contributed by atoms with Crippen LogP contribution in [-0.4, -0.2) is 18.5 Å². The highest BCUT2D eigenvalue weighted by atomic mass is 79.9. The minimum atomic E-state index is 0.164. The zero-order valence-electron chi connectivity index (χ0n) is 9.83. The van der Waals surface area contributed by atoms with Crippen molar-refractivity contribution in [3.63, 3.8) is 0 Å². The summed E-state index contributed by atoms with van der Waals surface area (Å²) in [5.74, 6) is 0.164. The summed E-state index contributed by atoms with van der Waals surface area (Å²) in [5, 5.41) is 8.42. The molecule has 3 nitrogen and oxygen atoms in total. The van der Waals surface area contributed by atoms with Gasteiger partial charge in [0.2, 0.25) is 5.91 Å². The lowest BCUT2D eigenvalue weighted by atomic mass is 10.2. The molecule has 2 N–H and O–H groups in total. The second kappa shape index (κ2) is 5.98. The van der Waals surface area contributed by atoms with Gasteiger partial charge in [0.1, 0.15) is 0 Å². The van der Waals surface area contributed by atoms with E-state index in [0.29, 0.717) is 12.5 Å². The number of carbonyl (C=O) groups is 1. The van der Waals surface area contributed by atoms with E-state index in [0.717, 1.165) is 23.9 Å². The Bertz CT molecular complexity index is 390. The molecule has 1 unspecified atom stereocenters. The van der Waals surface area contributed by atoms with Crippen LogP contribution in [0.3, 0.4) is 0 Å². The lowest BCUT2D eigenvalue weighted by molar-refractivity contribution is -0.121. The molecule has 2 rings (SSSR count). The van der Waals surface area contributed by atoms with Crippen molar-refractivity contribution in [2.75, 3.05) is 6.54 Å². The summed E-state index contributed by atoms with van der Waals surface area (Å²) < 4.78 is 1.14. The lowest BCUT2D eigenvalue weighted by Gasteiger charge is -2.12. The van der Waals surface area contributed by atoms with Crippen LogP contribution in [0.2, 0.25) is 0 Å². The van der Waals surface area contributed by atoms with Gasteiger partial charge in [0, 0.05) is 34.4 Å². The Balaban J connectivity index is 1.67. The Hall–Kier alpha value is -0.390. The number of amides is 1. The van der Waals surface area contributed by atoms with E-state index in [1.165, 1.54) is 4.88 Å². The first-order valence-electron chi connectivity index (χ1n) is 5.92. The average molecular weight is 317 g/mol. The molecule has 1 heterocycles. The van der Waals surface area contributed by atoms with E-state index in [2.05, 4.69) is 44.9 Å². The maximum atomic E-state index is 11.5. The second-order valence-electron chi connectivity index (χ2n) is 4.40. The fraction of sp³-hybridized carbons (Fsp3) is 0.583. The predicted octanol–water partition coefficient (Wildman–Crippen LogP) is 2.83. The van der Waals surface area contributed by atoms with Crippen molar-refractivity contribution in [2.45, 2.75) is 38.3 Å². The molecule has 1 atom stereocenters. The highest BCUT2D eigenvalue weighted by molar-refractivity contribution is 9.10. The molecule has 1 amide bonds. The Labute approximate surface area is 114 Å². The molecule has 94 valence electrons. The summed E-state index contributed by atoms with van der Waals surface area (Å²) in [5.41, 5.74) is 0. The van der Waals surface area contributed by atoms with Crippen LogP contribution >= 0.6 is 27.3 Å². The van der Waals surface area contributed by atoms with Crippen LogP contribution in [0.1, 0.15) is 37.1 Å². The SMILES string of the molecule is CC(NCCC(=O)NC1CC1)c1sccc1Br. The van der Waals surface area contributed by atoms with Crippen molar-refractivity contribution in [2.24, 2.45) is 0 Å². The summed E-state index contributed by atoms with van der Waals surface area (Å²) in [6, 6.07) is 2.81. The van der Waals surface area contributed by atoms with Crippen molar-refractivity contribution >= 4 is 33.2 Å². The number of thiophene rings is 1. The maximum Gasteiger partial charge on any atom is 0.221 e. The zero-order valence-corrected chi connectivity index (χ0v) is 12.2. The monoisotopic (exact) mass is 316 g/mol. The molecule has 1 saturated carbocycles. The summed E-state index contributed by atoms with van der Waals surface area (Å²) in [6.45, 7) is 2.85. The van der Waals surface area contributed by atoms with Gasteiger partial charge in [0.15, 0.2) is 0 Å². The largest absolute Gasteiger partial charge is 0.353 e. The third-order valence-electron chi connectivity index (χ3n) is 2.78. The van der Waals surface area contributed by atoms with Gasteiger partial charge >= 0.3 is 0 Å². The third-order valence-corrected chi connectivity index (χ3v) is 4.84. The Morgan fingerprint density at radius 1 is 1.65 bits per heavy atom. The van der Waals surface area contributed by atoms with Gasteiger partial charge in [-0.05, 0) is 47.1 Å². The molecular weight excluding hydrogens is 300 g/mol. The summed E-state index contributed by atoms with van der Waals surface area (Å²) >= 11 is 5.25. The Kier molecular flexibility index (Phi) is 4.59. The van der Waals surface area contributed by atoms with Crippen LogP contribution in [0, 0.1) is 0 Å². The molecule has 17 heavy (non-hydrogen) atoms. The van der Waals surface area contributed by atoms with E-state index < -0.39 is 0 Å². The Morgan fingerprint density at radius 2 is 2.41 bits per heavy atom. The molecule has 0 bridgehead atoms. The van der Waals surface area contributed by atoms with Gasteiger partial charge in [0.25, 0.3) is 0 Å². The first-order chi connectivity index (χ1) is 8.16. The van der Waals surface area contributed by atoms with E-state index in [4.69, 9.17) is 0 Å². The molecule has 0 spiro atoms. The van der Waals surface area contributed by atoms with E-state index in [1.807, 2.05) is 0 Å². The average Bonchev–Trinajstić information content (AvgIpc) is 2.98. The number of carbonyl (C=O) groups excluding carboxylic acids is 1. The second-order valence-corrected chi connectivity index (χ2v) is 6.20. The van der Waals surface area contributed by atoms with Gasteiger partial charge in [0.05, 0.1) is 0 Å². The smallest absolute Gasteiger partial charge is 0.221 e. The molecule has 1 aliphatic carbocycles. The van der Waals surface area contributed by atoms with Crippen molar-refractivity contribution in [1.82, 2.24) is 10.6 Å². The fourth-order valence-electron chi connectivity index (χ4n) is 1.64. The molecule has 1 aromatic rings. The number of rotatable bonds is 6. The van der Waals surface area contributed by atoms with Crippen molar-refractivity contribution in [3.8, 4) is 0 Å². The van der Waals surface area contributed by atoms with Crippen LogP contribution in [-0.2, 0) is 4.79 Å². The molecule has 1 aliphatic rings. The van der Waals surface area contributed by atoms with E-state index in [9.17, 15) is 4.79 Å². The first kappa shape index (κ1) is 13.1. The quantitative estimate of drug-likeness (QED) is 0.847. The highest BCUT2D eigenvalue weighted by Crippen LogP contribution is 2.28. The minimum Gasteiger partial charge on any atom is -0.353 e. The summed E-state index contributed by atoms with van der Waals surface area (Å²) in [7, 11) is 0. The van der Waals surface area contributed by atoms with Crippen LogP contribution < -0.4 is 10.6 Å². The van der Waals surface area contributed by atoms with Gasteiger partial charge < -0.3 is 10.6 Å². The first-order valence-corrected chi connectivity index (χ1v) is 7.59. The molecule has 1 fully saturated rings. The van der Waals surface area contributed by atoms with Gasteiger partial charge in [-0.2, -0.15) is 0 Å². The van der Waals surface area contributed by atoms with Crippen molar-refractivity contribution < 1.29 is 4.79 Å². The van der Waals surface area contributed by atoms with Gasteiger partial charge in [-0.1, -0.05) is 0 Å². The van der Waals surface area contributed by atoms with Gasteiger partial charge in [-0.3, -0.25) is 4.79 Å². The highest BCUT2D eigenvalue weighted by Gasteiger charge is 2.22. The molecule has 0 radical (unpaired) electrons. The summed E-state index contributed by atoms with van der Waals surface area (Å²) in [4.78, 5) is 12.8. The minimum absolute atomic E-state index is 0.164. The molecule has 0 aliphatic heterocycles. The number of halogens is 1. The predicted molar refractivity (Wildman–Crippen MR) is 74.2 cm³/mol. The van der Waals surface area contributed by atoms with Crippen LogP contribution in [0.25, 0.3) is 0 Å². The number of hydrogen-bond donors (Lipinski definition) is 2. The molecule has 5 heteroatoms. The number of hydrogen-bond acceptors (Lipinski definition) is 3. The standard InChI is InChI=1S/C12H17BrN2OS/c1-8(12-10(13)5-7-17-12)14-6-4-11(16)15-9-2-3-9/h5,7-9,14H,2-4,6H2,1H3,(H,15,16). The maximum absolute atomic E-state index is 11.5. The molecule has 1 aromatic heterocycles. The van der Waals surface area contributed by atoms with Crippen LogP contribution in [0.5, 0.6) is 0 Å². The number of nitrogens with one attached hydrogen (secondary N) is 2. The van der Waals surface area contributed by atoms with Crippen molar-refractivity contribution in [3.05, 3.63) is 20.8 Å². The van der Waals surface area contributed by atoms with Crippen LogP contribution in [0.15, 0.2) is 15.9 Å².